The number of nitrogens with one attached hydrogen (secondary N) is 1. The fourth-order valence-electron chi connectivity index (χ4n) is 14.0. The van der Waals surface area contributed by atoms with Crippen molar-refractivity contribution in [3.63, 3.8) is 0 Å². The molecule has 2 aliphatic carbocycles. The number of unbranched alkanes of at least 4 members (excludes halogenated alkanes) is 3. The van der Waals surface area contributed by atoms with E-state index < -0.39 is 26.1 Å². The maximum atomic E-state index is 15.3. The van der Waals surface area contributed by atoms with E-state index >= 15 is 16.8 Å². The van der Waals surface area contributed by atoms with Crippen LogP contribution in [0, 0.1) is 23.7 Å². The summed E-state index contributed by atoms with van der Waals surface area (Å²) in [5.41, 5.74) is 11.9. The summed E-state index contributed by atoms with van der Waals surface area (Å²) in [7, 11) is -8.49. The van der Waals surface area contributed by atoms with Gasteiger partial charge in [-0.2, -0.15) is 8.61 Å². The third-order valence-electron chi connectivity index (χ3n) is 18.3. The Bertz CT molecular complexity index is 4230. The summed E-state index contributed by atoms with van der Waals surface area (Å²) in [5.74, 6) is -0.123. The first kappa shape index (κ1) is 67.3. The van der Waals surface area contributed by atoms with E-state index in [-0.39, 0.29) is 90.8 Å². The Balaban J connectivity index is 0.845. The SMILES string of the molecule is C=Cc1ccc(CN(CCCCCCN(CCNc2ccc3ccc4c(S(=O)(=O)N(CC(C)C)CC(C)C)cc(S(=O)(=O)N(CC(C)C)CC(C)C)c5ccc2c3c45)C(=O)OCC2c3ccccc3-c3ccccc32)C(=O)OCC2c3ccccc3-c3ccccc32)cc1. The number of fused-ring (bicyclic) bond motifs is 6. The molecule has 13 nitrogen and oxygen atoms in total. The normalized spacial score (nSPS) is 13.3. The van der Waals surface area contributed by atoms with E-state index in [9.17, 15) is 9.59 Å². The Labute approximate surface area is 557 Å². The average Bonchev–Trinajstić information content (AvgIpc) is 0.929. The van der Waals surface area contributed by atoms with Crippen LogP contribution in [-0.4, -0.2) is 113 Å². The molecule has 1 N–H and O–H groups in total. The van der Waals surface area contributed by atoms with Gasteiger partial charge in [-0.15, -0.1) is 0 Å². The maximum absolute atomic E-state index is 15.3. The molecule has 0 atom stereocenters. The Morgan fingerprint density at radius 2 is 0.883 bits per heavy atom. The molecule has 94 heavy (non-hydrogen) atoms. The quantitative estimate of drug-likeness (QED) is 0.0343. The van der Waals surface area contributed by atoms with Gasteiger partial charge in [0.2, 0.25) is 20.0 Å². The van der Waals surface area contributed by atoms with Gasteiger partial charge in [-0.25, -0.2) is 26.4 Å². The third-order valence-corrected chi connectivity index (χ3v) is 22.0. The zero-order valence-corrected chi connectivity index (χ0v) is 57.4. The Morgan fingerprint density at radius 3 is 1.33 bits per heavy atom. The monoisotopic (exact) mass is 1300 g/mol. The molecular weight excluding hydrogens is 1210 g/mol. The molecule has 0 saturated carbocycles. The molecular formula is C79H91N5O8S2. The average molecular weight is 1300 g/mol. The summed E-state index contributed by atoms with van der Waals surface area (Å²) in [4.78, 5) is 32.4. The second-order valence-electron chi connectivity index (χ2n) is 27.3. The van der Waals surface area contributed by atoms with Crippen LogP contribution in [0.5, 0.6) is 0 Å². The maximum Gasteiger partial charge on any atom is 0.410 e. The lowest BCUT2D eigenvalue weighted by atomic mass is 9.93. The van der Waals surface area contributed by atoms with Crippen LogP contribution in [0.2, 0.25) is 0 Å². The Hall–Kier alpha value is -8.08. The molecule has 9 aromatic carbocycles. The minimum atomic E-state index is -4.24. The molecule has 492 valence electrons. The van der Waals surface area contributed by atoms with Gasteiger partial charge in [0.05, 0.1) is 9.79 Å². The zero-order valence-electron chi connectivity index (χ0n) is 55.8. The van der Waals surface area contributed by atoms with Gasteiger partial charge >= 0.3 is 12.2 Å². The lowest BCUT2D eigenvalue weighted by Crippen LogP contribution is -2.38. The van der Waals surface area contributed by atoms with Gasteiger partial charge in [0.15, 0.2) is 0 Å². The smallest absolute Gasteiger partial charge is 0.410 e. The highest BCUT2D eigenvalue weighted by Gasteiger charge is 2.36. The van der Waals surface area contributed by atoms with Crippen LogP contribution in [0.4, 0.5) is 15.3 Å². The van der Waals surface area contributed by atoms with Crippen molar-refractivity contribution in [3.8, 4) is 22.3 Å². The zero-order chi connectivity index (χ0) is 66.4. The molecule has 11 rings (SSSR count). The van der Waals surface area contributed by atoms with E-state index in [1.165, 1.54) is 25.8 Å². The minimum absolute atomic E-state index is 0.0164. The first-order valence-electron chi connectivity index (χ1n) is 33.6. The summed E-state index contributed by atoms with van der Waals surface area (Å²) >= 11 is 0. The van der Waals surface area contributed by atoms with Crippen molar-refractivity contribution in [2.45, 2.75) is 109 Å². The first-order valence-corrected chi connectivity index (χ1v) is 36.5. The predicted molar refractivity (Wildman–Crippen MR) is 383 cm³/mol. The van der Waals surface area contributed by atoms with E-state index in [1.54, 1.807) is 15.9 Å². The molecule has 0 aliphatic heterocycles. The highest BCUT2D eigenvalue weighted by molar-refractivity contribution is 7.90. The summed E-state index contributed by atoms with van der Waals surface area (Å²) in [6.07, 6.45) is 4.02. The fraction of sp³-hybridized carbons (Fsp3) is 0.367. The predicted octanol–water partition coefficient (Wildman–Crippen LogP) is 17.5. The molecule has 9 aromatic rings. The van der Waals surface area contributed by atoms with Crippen LogP contribution >= 0.6 is 0 Å². The fourth-order valence-corrected chi connectivity index (χ4v) is 18.1. The highest BCUT2D eigenvalue weighted by atomic mass is 32.2. The lowest BCUT2D eigenvalue weighted by Gasteiger charge is -2.29. The molecule has 2 amide bonds. The Kier molecular flexibility index (Phi) is 21.0. The lowest BCUT2D eigenvalue weighted by molar-refractivity contribution is 0.0955. The molecule has 0 saturated heterocycles. The van der Waals surface area contributed by atoms with E-state index in [0.717, 1.165) is 85.6 Å². The van der Waals surface area contributed by atoms with Gasteiger partial charge in [-0.3, -0.25) is 0 Å². The van der Waals surface area contributed by atoms with Crippen LogP contribution < -0.4 is 5.32 Å². The number of carbonyl (C=O) groups excluding carboxylic acids is 2. The summed E-state index contributed by atoms with van der Waals surface area (Å²) in [6.45, 7) is 23.3. The summed E-state index contributed by atoms with van der Waals surface area (Å²) < 4.78 is 76.9. The number of nitrogens with zero attached hydrogens (tertiary/aromatic N) is 4. The molecule has 0 spiro atoms. The van der Waals surface area contributed by atoms with Gasteiger partial charge < -0.3 is 24.6 Å². The van der Waals surface area contributed by atoms with Crippen molar-refractivity contribution in [1.82, 2.24) is 18.4 Å². The number of hydrogen-bond donors (Lipinski definition) is 1. The Morgan fingerprint density at radius 1 is 0.479 bits per heavy atom. The van der Waals surface area contributed by atoms with E-state index in [2.05, 4.69) is 60.4 Å². The first-order chi connectivity index (χ1) is 45.2. The number of ether oxygens (including phenoxy) is 2. The van der Waals surface area contributed by atoms with E-state index in [1.807, 2.05) is 165 Å². The molecule has 15 heteroatoms. The van der Waals surface area contributed by atoms with Crippen LogP contribution in [-0.2, 0) is 36.1 Å². The van der Waals surface area contributed by atoms with Crippen LogP contribution in [0.3, 0.4) is 0 Å². The molecule has 0 radical (unpaired) electrons. The van der Waals surface area contributed by atoms with Crippen LogP contribution in [0.25, 0.3) is 60.6 Å². The molecule has 0 bridgehead atoms. The van der Waals surface area contributed by atoms with Crippen molar-refractivity contribution in [1.29, 1.82) is 0 Å². The number of rotatable bonds is 30. The summed E-state index contributed by atoms with van der Waals surface area (Å²) in [5, 5.41) is 7.55. The van der Waals surface area contributed by atoms with Crippen molar-refractivity contribution in [2.75, 3.05) is 70.9 Å². The van der Waals surface area contributed by atoms with Crippen molar-refractivity contribution < 1.29 is 35.9 Å². The number of amides is 2. The van der Waals surface area contributed by atoms with Crippen molar-refractivity contribution >= 4 is 76.3 Å². The standard InChI is InChI=1S/C79H91N5O8S2/c1-10-57-31-33-58(34-32-57)50-82(79(86)92-52-72-66-29-19-15-25-62(66)63-26-16-20-30-67(63)72)43-22-12-11-21-42-81(78(85)91-51-71-64-27-17-13-23-60(64)61-24-14-18-28-65(61)71)44-41-80-73-40-36-59-35-37-69-74(93(87,88)83(46-53(2)3)47-54(4)5)45-75(70-39-38-68(73)76(59)77(69)70)94(89,90)84(48-55(6)7)49-56(8)9/h10,13-20,23-40,45,53-56,71-72,80H,1,11-12,21-22,41-44,46-52H2,2-9H3. The molecule has 2 aliphatic rings. The largest absolute Gasteiger partial charge is 0.448 e. The second-order valence-corrected chi connectivity index (χ2v) is 31.1. The molecule has 0 aromatic heterocycles. The molecule has 0 unspecified atom stereocenters. The van der Waals surface area contributed by atoms with Gasteiger partial charge in [-0.1, -0.05) is 233 Å². The van der Waals surface area contributed by atoms with E-state index in [4.69, 9.17) is 9.47 Å². The number of anilines is 1. The van der Waals surface area contributed by atoms with Gasteiger partial charge in [0.1, 0.15) is 13.2 Å². The van der Waals surface area contributed by atoms with Gasteiger partial charge in [0.25, 0.3) is 0 Å². The van der Waals surface area contributed by atoms with Crippen molar-refractivity contribution in [3.05, 3.63) is 204 Å². The van der Waals surface area contributed by atoms with Gasteiger partial charge in [0, 0.05) is 98.0 Å². The number of benzene rings is 9. The van der Waals surface area contributed by atoms with Crippen molar-refractivity contribution in [2.24, 2.45) is 23.7 Å². The van der Waals surface area contributed by atoms with Crippen LogP contribution in [0.1, 0.15) is 126 Å². The second kappa shape index (κ2) is 29.3. The molecule has 0 fully saturated rings. The third kappa shape index (κ3) is 14.4. The van der Waals surface area contributed by atoms with E-state index in [0.29, 0.717) is 55.3 Å². The number of carbonyl (C=O) groups is 2. The number of sulfonamides is 2. The minimum Gasteiger partial charge on any atom is -0.448 e. The number of hydrogen-bond acceptors (Lipinski definition) is 9. The molecule has 0 heterocycles. The van der Waals surface area contributed by atoms with Gasteiger partial charge in [-0.05, 0) is 115 Å². The topological polar surface area (TPSA) is 146 Å². The highest BCUT2D eigenvalue weighted by Crippen LogP contribution is 2.47. The van der Waals surface area contributed by atoms with Crippen LogP contribution in [0.15, 0.2) is 180 Å². The summed E-state index contributed by atoms with van der Waals surface area (Å²) in [6, 6.07) is 54.3.